The molecule has 2 N–H and O–H groups in total. The topological polar surface area (TPSA) is 102 Å². The molecule has 0 saturated heterocycles. The van der Waals surface area contributed by atoms with E-state index in [9.17, 15) is 9.59 Å². The number of carbonyl (C=O) groups excluding carboxylic acids is 2. The summed E-state index contributed by atoms with van der Waals surface area (Å²) in [6, 6.07) is 6.85. The van der Waals surface area contributed by atoms with Crippen LogP contribution in [-0.2, 0) is 9.59 Å². The molecule has 7 nitrogen and oxygen atoms in total. The van der Waals surface area contributed by atoms with Crippen LogP contribution in [0.3, 0.4) is 0 Å². The summed E-state index contributed by atoms with van der Waals surface area (Å²) in [5.74, 6) is -0.349. The van der Waals surface area contributed by atoms with E-state index in [0.717, 1.165) is 17.3 Å². The second-order valence-electron chi connectivity index (χ2n) is 5.25. The smallest absolute Gasteiger partial charge is 0.277 e. The molecule has 9 heteroatoms. The SMILES string of the molecule is CC(C)N(CC(N)=O)C(=O)CSc1nnc(-c2ccc(Cl)cc2)o1. The average molecular weight is 369 g/mol. The van der Waals surface area contributed by atoms with Crippen LogP contribution in [0, 0.1) is 0 Å². The molecule has 0 saturated carbocycles. The van der Waals surface area contributed by atoms with Gasteiger partial charge < -0.3 is 15.1 Å². The van der Waals surface area contributed by atoms with Gasteiger partial charge in [-0.2, -0.15) is 0 Å². The molecular weight excluding hydrogens is 352 g/mol. The van der Waals surface area contributed by atoms with Gasteiger partial charge in [-0.15, -0.1) is 10.2 Å². The van der Waals surface area contributed by atoms with Gasteiger partial charge in [0.1, 0.15) is 0 Å². The molecular formula is C15H17ClN4O3S. The van der Waals surface area contributed by atoms with Crippen LogP contribution < -0.4 is 5.73 Å². The molecule has 24 heavy (non-hydrogen) atoms. The van der Waals surface area contributed by atoms with Crippen LogP contribution in [0.2, 0.25) is 5.02 Å². The minimum absolute atomic E-state index is 0.0771. The molecule has 0 aliphatic rings. The maximum atomic E-state index is 12.2. The lowest BCUT2D eigenvalue weighted by Crippen LogP contribution is -2.43. The number of thioether (sulfide) groups is 1. The van der Waals surface area contributed by atoms with E-state index in [2.05, 4.69) is 10.2 Å². The van der Waals surface area contributed by atoms with Crippen LogP contribution >= 0.6 is 23.4 Å². The van der Waals surface area contributed by atoms with Crippen molar-refractivity contribution in [1.82, 2.24) is 15.1 Å². The van der Waals surface area contributed by atoms with E-state index in [1.54, 1.807) is 24.3 Å². The first-order chi connectivity index (χ1) is 11.4. The molecule has 2 rings (SSSR count). The third kappa shape index (κ3) is 4.97. The number of amides is 2. The third-order valence-corrected chi connectivity index (χ3v) is 4.14. The van der Waals surface area contributed by atoms with Crippen LogP contribution in [0.25, 0.3) is 11.5 Å². The van der Waals surface area contributed by atoms with Gasteiger partial charge in [-0.3, -0.25) is 9.59 Å². The number of nitrogens with zero attached hydrogens (tertiary/aromatic N) is 3. The monoisotopic (exact) mass is 368 g/mol. The Hall–Kier alpha value is -2.06. The molecule has 2 aromatic rings. The number of aromatic nitrogens is 2. The van der Waals surface area contributed by atoms with Gasteiger partial charge in [0.2, 0.25) is 17.7 Å². The fraction of sp³-hybridized carbons (Fsp3) is 0.333. The fourth-order valence-electron chi connectivity index (χ4n) is 1.91. The maximum Gasteiger partial charge on any atom is 0.277 e. The molecule has 0 fully saturated rings. The second-order valence-corrected chi connectivity index (χ2v) is 6.61. The molecule has 0 spiro atoms. The van der Waals surface area contributed by atoms with E-state index < -0.39 is 5.91 Å². The number of hydrogen-bond donors (Lipinski definition) is 1. The first kappa shape index (κ1) is 18.3. The fourth-order valence-corrected chi connectivity index (χ4v) is 2.69. The number of rotatable bonds is 7. The van der Waals surface area contributed by atoms with Gasteiger partial charge in [-0.25, -0.2) is 0 Å². The Bertz CT molecular complexity index is 718. The second kappa shape index (κ2) is 8.16. The quantitative estimate of drug-likeness (QED) is 0.751. The number of carbonyl (C=O) groups is 2. The Morgan fingerprint density at radius 1 is 1.29 bits per heavy atom. The van der Waals surface area contributed by atoms with Crippen molar-refractivity contribution in [3.8, 4) is 11.5 Å². The van der Waals surface area contributed by atoms with Gasteiger partial charge in [0.25, 0.3) is 5.22 Å². The Morgan fingerprint density at radius 3 is 2.54 bits per heavy atom. The summed E-state index contributed by atoms with van der Waals surface area (Å²) in [6.45, 7) is 3.52. The standard InChI is InChI=1S/C15H17ClN4O3S/c1-9(2)20(7-12(17)21)13(22)8-24-15-19-18-14(23-15)10-3-5-11(16)6-4-10/h3-6,9H,7-8H2,1-2H3,(H2,17,21). The summed E-state index contributed by atoms with van der Waals surface area (Å²) in [7, 11) is 0. The normalized spacial score (nSPS) is 10.8. The van der Waals surface area contributed by atoms with Crippen molar-refractivity contribution in [2.75, 3.05) is 12.3 Å². The van der Waals surface area contributed by atoms with Gasteiger partial charge in [-0.1, -0.05) is 23.4 Å². The highest BCUT2D eigenvalue weighted by Gasteiger charge is 2.20. The minimum atomic E-state index is -0.551. The van der Waals surface area contributed by atoms with Gasteiger partial charge in [-0.05, 0) is 38.1 Å². The van der Waals surface area contributed by atoms with Crippen molar-refractivity contribution in [2.45, 2.75) is 25.1 Å². The largest absolute Gasteiger partial charge is 0.411 e. The molecule has 0 bridgehead atoms. The molecule has 0 aliphatic heterocycles. The third-order valence-electron chi connectivity index (χ3n) is 3.09. The van der Waals surface area contributed by atoms with Crippen molar-refractivity contribution >= 4 is 35.2 Å². The number of halogens is 1. The zero-order chi connectivity index (χ0) is 17.7. The Morgan fingerprint density at radius 2 is 1.96 bits per heavy atom. The molecule has 0 radical (unpaired) electrons. The van der Waals surface area contributed by atoms with E-state index in [0.29, 0.717) is 10.9 Å². The van der Waals surface area contributed by atoms with Crippen LogP contribution in [-0.4, -0.2) is 45.3 Å². The summed E-state index contributed by atoms with van der Waals surface area (Å²) >= 11 is 6.94. The van der Waals surface area contributed by atoms with E-state index in [1.807, 2.05) is 13.8 Å². The van der Waals surface area contributed by atoms with E-state index in [4.69, 9.17) is 21.8 Å². The van der Waals surface area contributed by atoms with Crippen LogP contribution in [0.1, 0.15) is 13.8 Å². The van der Waals surface area contributed by atoms with Gasteiger partial charge >= 0.3 is 0 Å². The summed E-state index contributed by atoms with van der Waals surface area (Å²) < 4.78 is 5.52. The predicted octanol–water partition coefficient (Wildman–Crippen LogP) is 2.20. The maximum absolute atomic E-state index is 12.2. The molecule has 0 unspecified atom stereocenters. The lowest BCUT2D eigenvalue weighted by molar-refractivity contribution is -0.134. The molecule has 128 valence electrons. The Balaban J connectivity index is 1.98. The lowest BCUT2D eigenvalue weighted by atomic mass is 10.2. The highest BCUT2D eigenvalue weighted by Crippen LogP contribution is 2.24. The summed E-state index contributed by atoms with van der Waals surface area (Å²) in [5.41, 5.74) is 5.90. The van der Waals surface area contributed by atoms with Gasteiger partial charge in [0.05, 0.1) is 12.3 Å². The van der Waals surface area contributed by atoms with Crippen molar-refractivity contribution < 1.29 is 14.0 Å². The summed E-state index contributed by atoms with van der Waals surface area (Å²) in [4.78, 5) is 24.7. The molecule has 0 aliphatic carbocycles. The van der Waals surface area contributed by atoms with Crippen molar-refractivity contribution in [2.24, 2.45) is 5.73 Å². The van der Waals surface area contributed by atoms with E-state index >= 15 is 0 Å². The lowest BCUT2D eigenvalue weighted by Gasteiger charge is -2.24. The average Bonchev–Trinajstić information content (AvgIpc) is 2.99. The molecule has 0 atom stereocenters. The zero-order valence-corrected chi connectivity index (χ0v) is 14.8. The molecule has 1 aromatic heterocycles. The van der Waals surface area contributed by atoms with Crippen molar-refractivity contribution in [1.29, 1.82) is 0 Å². The first-order valence-corrected chi connectivity index (χ1v) is 8.53. The van der Waals surface area contributed by atoms with Crippen LogP contribution in [0.5, 0.6) is 0 Å². The highest BCUT2D eigenvalue weighted by atomic mass is 35.5. The predicted molar refractivity (Wildman–Crippen MR) is 91.5 cm³/mol. The Labute approximate surface area is 148 Å². The number of benzene rings is 1. The first-order valence-electron chi connectivity index (χ1n) is 7.17. The molecule has 1 aromatic carbocycles. The highest BCUT2D eigenvalue weighted by molar-refractivity contribution is 7.99. The van der Waals surface area contributed by atoms with E-state index in [-0.39, 0.29) is 29.5 Å². The van der Waals surface area contributed by atoms with Gasteiger partial charge in [0.15, 0.2) is 0 Å². The van der Waals surface area contributed by atoms with Crippen LogP contribution in [0.4, 0.5) is 0 Å². The van der Waals surface area contributed by atoms with Crippen molar-refractivity contribution in [3.63, 3.8) is 0 Å². The van der Waals surface area contributed by atoms with Gasteiger partial charge in [0, 0.05) is 16.6 Å². The Kier molecular flexibility index (Phi) is 6.22. The number of hydrogen-bond acceptors (Lipinski definition) is 6. The number of nitrogens with two attached hydrogens (primary N) is 1. The summed E-state index contributed by atoms with van der Waals surface area (Å²) in [5, 5.41) is 8.73. The van der Waals surface area contributed by atoms with Crippen molar-refractivity contribution in [3.05, 3.63) is 29.3 Å². The van der Waals surface area contributed by atoms with E-state index in [1.165, 1.54) is 4.90 Å². The minimum Gasteiger partial charge on any atom is -0.411 e. The number of primary amides is 1. The summed E-state index contributed by atoms with van der Waals surface area (Å²) in [6.07, 6.45) is 0. The van der Waals surface area contributed by atoms with Crippen LogP contribution in [0.15, 0.2) is 33.9 Å². The molecule has 2 amide bonds. The zero-order valence-electron chi connectivity index (χ0n) is 13.2. The molecule has 1 heterocycles.